The Morgan fingerprint density at radius 2 is 2.21 bits per heavy atom. The topological polar surface area (TPSA) is 75.2 Å². The number of thiophene rings is 1. The van der Waals surface area contributed by atoms with Crippen molar-refractivity contribution in [1.29, 1.82) is 0 Å². The summed E-state index contributed by atoms with van der Waals surface area (Å²) in [6.45, 7) is 4.65. The van der Waals surface area contributed by atoms with E-state index in [0.29, 0.717) is 39.7 Å². The van der Waals surface area contributed by atoms with E-state index in [1.165, 1.54) is 23.1 Å². The summed E-state index contributed by atoms with van der Waals surface area (Å²) in [6, 6.07) is 3.90. The molecule has 6 nitrogen and oxygen atoms in total. The van der Waals surface area contributed by atoms with Crippen molar-refractivity contribution in [1.82, 2.24) is 15.1 Å². The van der Waals surface area contributed by atoms with Gasteiger partial charge >= 0.3 is 0 Å². The summed E-state index contributed by atoms with van der Waals surface area (Å²) in [5, 5.41) is 14.3. The number of thioether (sulfide) groups is 1. The Morgan fingerprint density at radius 3 is 2.93 bits per heavy atom. The van der Waals surface area contributed by atoms with Crippen LogP contribution in [0.15, 0.2) is 22.4 Å². The van der Waals surface area contributed by atoms with Crippen LogP contribution in [-0.4, -0.2) is 37.8 Å². The highest BCUT2D eigenvalue weighted by Crippen LogP contribution is 2.33. The summed E-state index contributed by atoms with van der Waals surface area (Å²) in [5.41, 5.74) is 0. The van der Waals surface area contributed by atoms with Gasteiger partial charge in [0.05, 0.1) is 4.91 Å². The second-order valence-electron chi connectivity index (χ2n) is 6.60. The van der Waals surface area contributed by atoms with Gasteiger partial charge in [-0.25, -0.2) is 0 Å². The molecule has 148 valence electrons. The third-order valence-electron chi connectivity index (χ3n) is 3.77. The highest BCUT2D eigenvalue weighted by molar-refractivity contribution is 8.26. The highest BCUT2D eigenvalue weighted by Gasteiger charge is 2.31. The maximum Gasteiger partial charge on any atom is 0.266 e. The van der Waals surface area contributed by atoms with Gasteiger partial charge in [-0.3, -0.25) is 14.5 Å². The van der Waals surface area contributed by atoms with Crippen molar-refractivity contribution in [3.05, 3.63) is 32.3 Å². The molecule has 0 atom stereocenters. The van der Waals surface area contributed by atoms with Gasteiger partial charge in [0.1, 0.15) is 9.33 Å². The third kappa shape index (κ3) is 5.69. The van der Waals surface area contributed by atoms with E-state index in [9.17, 15) is 9.59 Å². The first-order valence-electron chi connectivity index (χ1n) is 8.83. The normalized spacial score (nSPS) is 15.8. The predicted molar refractivity (Wildman–Crippen MR) is 121 cm³/mol. The Hall–Kier alpha value is -1.62. The average molecular weight is 453 g/mol. The Morgan fingerprint density at radius 1 is 1.39 bits per heavy atom. The zero-order chi connectivity index (χ0) is 20.1. The van der Waals surface area contributed by atoms with Gasteiger partial charge in [-0.05, 0) is 29.9 Å². The molecule has 1 aliphatic heterocycles. The van der Waals surface area contributed by atoms with Gasteiger partial charge in [0.15, 0.2) is 0 Å². The molecule has 2 amide bonds. The van der Waals surface area contributed by atoms with Crippen molar-refractivity contribution in [3.63, 3.8) is 0 Å². The minimum atomic E-state index is -0.133. The third-order valence-corrected chi connectivity index (χ3v) is 6.83. The van der Waals surface area contributed by atoms with E-state index < -0.39 is 0 Å². The molecule has 1 N–H and O–H groups in total. The molecule has 28 heavy (non-hydrogen) atoms. The fraction of sp³-hybridized carbons (Fsp3) is 0.389. The van der Waals surface area contributed by atoms with E-state index in [2.05, 4.69) is 29.4 Å². The van der Waals surface area contributed by atoms with Crippen LogP contribution >= 0.6 is 46.7 Å². The van der Waals surface area contributed by atoms with Crippen LogP contribution in [-0.2, 0) is 16.0 Å². The number of rotatable bonds is 8. The standard InChI is InChI=1S/C18H20N4O2S4/c1-11(2)9-15-20-21-17(28-15)19-14(23)6-3-7-22-16(24)13(27-18(22)25)10-12-5-4-8-26-12/h4-5,8,10-11H,3,6-7,9H2,1-2H3,(H,19,21,23)/b13-10-. The number of nitrogens with one attached hydrogen (secondary N) is 1. The van der Waals surface area contributed by atoms with Crippen LogP contribution in [0.1, 0.15) is 36.6 Å². The number of thiocarbonyl (C=S) groups is 1. The van der Waals surface area contributed by atoms with Crippen LogP contribution in [0.5, 0.6) is 0 Å². The van der Waals surface area contributed by atoms with Gasteiger partial charge in [0, 0.05) is 24.3 Å². The number of hydrogen-bond donors (Lipinski definition) is 1. The van der Waals surface area contributed by atoms with Crippen LogP contribution in [0.25, 0.3) is 6.08 Å². The quantitative estimate of drug-likeness (QED) is 0.472. The maximum absolute atomic E-state index is 12.5. The fourth-order valence-corrected chi connectivity index (χ4v) is 5.51. The number of aromatic nitrogens is 2. The second kappa shape index (κ2) is 9.73. The number of carbonyl (C=O) groups is 2. The van der Waals surface area contributed by atoms with E-state index in [1.807, 2.05) is 23.6 Å². The first-order valence-corrected chi connectivity index (χ1v) is 11.8. The van der Waals surface area contributed by atoms with E-state index in [4.69, 9.17) is 12.2 Å². The largest absolute Gasteiger partial charge is 0.301 e. The molecule has 0 bridgehead atoms. The predicted octanol–water partition coefficient (Wildman–Crippen LogP) is 4.42. The lowest BCUT2D eigenvalue weighted by atomic mass is 10.1. The first kappa shape index (κ1) is 21.1. The SMILES string of the molecule is CC(C)Cc1nnc(NC(=O)CCCN2C(=O)/C(=C/c3cccs3)SC2=S)s1. The smallest absolute Gasteiger partial charge is 0.266 e. The van der Waals surface area contributed by atoms with Gasteiger partial charge in [-0.2, -0.15) is 0 Å². The van der Waals surface area contributed by atoms with Gasteiger partial charge in [0.2, 0.25) is 11.0 Å². The second-order valence-corrected chi connectivity index (χ2v) is 10.3. The molecule has 2 aromatic heterocycles. The molecule has 0 saturated carbocycles. The summed E-state index contributed by atoms with van der Waals surface area (Å²) in [4.78, 5) is 27.9. The number of amides is 2. The molecular weight excluding hydrogens is 432 g/mol. The van der Waals surface area contributed by atoms with Gasteiger partial charge < -0.3 is 5.32 Å². The minimum Gasteiger partial charge on any atom is -0.301 e. The average Bonchev–Trinajstić information content (AvgIpc) is 3.33. The van der Waals surface area contributed by atoms with Crippen LogP contribution in [0, 0.1) is 5.92 Å². The lowest BCUT2D eigenvalue weighted by molar-refractivity contribution is -0.122. The Labute approximate surface area is 181 Å². The Balaban J connectivity index is 1.46. The van der Waals surface area contributed by atoms with Crippen LogP contribution in [0.3, 0.4) is 0 Å². The number of nitrogens with zero attached hydrogens (tertiary/aromatic N) is 3. The fourth-order valence-electron chi connectivity index (χ4n) is 2.51. The van der Waals surface area contributed by atoms with E-state index in [0.717, 1.165) is 16.3 Å². The van der Waals surface area contributed by atoms with E-state index >= 15 is 0 Å². The van der Waals surface area contributed by atoms with E-state index in [-0.39, 0.29) is 11.8 Å². The maximum atomic E-state index is 12.5. The molecule has 10 heteroatoms. The summed E-state index contributed by atoms with van der Waals surface area (Å²) >= 11 is 9.61. The molecule has 0 spiro atoms. The molecule has 0 unspecified atom stereocenters. The lowest BCUT2D eigenvalue weighted by Crippen LogP contribution is -2.29. The summed E-state index contributed by atoms with van der Waals surface area (Å²) in [5.74, 6) is 0.271. The van der Waals surface area contributed by atoms with Crippen molar-refractivity contribution in [2.45, 2.75) is 33.1 Å². The summed E-state index contributed by atoms with van der Waals surface area (Å²) < 4.78 is 0.538. The van der Waals surface area contributed by atoms with Gasteiger partial charge in [-0.1, -0.05) is 55.2 Å². The molecule has 1 fully saturated rings. The van der Waals surface area contributed by atoms with E-state index in [1.54, 1.807) is 16.2 Å². The molecular formula is C18H20N4O2S4. The summed E-state index contributed by atoms with van der Waals surface area (Å²) in [6.07, 6.45) is 3.53. The molecule has 3 heterocycles. The summed E-state index contributed by atoms with van der Waals surface area (Å²) in [7, 11) is 0. The number of hydrogen-bond acceptors (Lipinski definition) is 8. The van der Waals surface area contributed by atoms with Crippen molar-refractivity contribution in [2.24, 2.45) is 5.92 Å². The molecule has 0 aromatic carbocycles. The molecule has 3 rings (SSSR count). The number of carbonyl (C=O) groups excluding carboxylic acids is 2. The van der Waals surface area contributed by atoms with Gasteiger partial charge in [0.25, 0.3) is 5.91 Å². The van der Waals surface area contributed by atoms with Crippen LogP contribution in [0.2, 0.25) is 0 Å². The van der Waals surface area contributed by atoms with Crippen molar-refractivity contribution in [3.8, 4) is 0 Å². The molecule has 2 aromatic rings. The Bertz CT molecular complexity index is 889. The van der Waals surface area contributed by atoms with Crippen molar-refractivity contribution in [2.75, 3.05) is 11.9 Å². The zero-order valence-corrected chi connectivity index (χ0v) is 18.8. The highest BCUT2D eigenvalue weighted by atomic mass is 32.2. The monoisotopic (exact) mass is 452 g/mol. The van der Waals surface area contributed by atoms with Crippen LogP contribution < -0.4 is 5.32 Å². The van der Waals surface area contributed by atoms with Gasteiger partial charge in [-0.15, -0.1) is 21.5 Å². The molecule has 1 aliphatic rings. The first-order chi connectivity index (χ1) is 13.4. The van der Waals surface area contributed by atoms with Crippen LogP contribution in [0.4, 0.5) is 5.13 Å². The minimum absolute atomic E-state index is 0.0914. The molecule has 0 aliphatic carbocycles. The Kier molecular flexibility index (Phi) is 7.33. The number of anilines is 1. The zero-order valence-electron chi connectivity index (χ0n) is 15.5. The van der Waals surface area contributed by atoms with Crippen molar-refractivity contribution >= 4 is 74.0 Å². The lowest BCUT2D eigenvalue weighted by Gasteiger charge is -2.13. The molecule has 1 saturated heterocycles. The van der Waals surface area contributed by atoms with Crippen molar-refractivity contribution < 1.29 is 9.59 Å². The molecule has 0 radical (unpaired) electrons.